The second kappa shape index (κ2) is 3.57. The zero-order chi connectivity index (χ0) is 10.1. The lowest BCUT2D eigenvalue weighted by molar-refractivity contribution is -0.118. The van der Waals surface area contributed by atoms with Crippen LogP contribution in [0.2, 0.25) is 0 Å². The SMILES string of the molecule is O=C1CN(C2CCC(O)CC2)C(=O)N1. The summed E-state index contributed by atoms with van der Waals surface area (Å²) in [6.07, 6.45) is 2.81. The van der Waals surface area contributed by atoms with Gasteiger partial charge < -0.3 is 10.0 Å². The third kappa shape index (κ3) is 1.72. The van der Waals surface area contributed by atoms with Gasteiger partial charge in [0.15, 0.2) is 0 Å². The third-order valence-corrected chi connectivity index (χ3v) is 2.93. The zero-order valence-corrected chi connectivity index (χ0v) is 7.90. The Morgan fingerprint density at radius 2 is 1.86 bits per heavy atom. The molecule has 0 aromatic heterocycles. The molecule has 0 radical (unpaired) electrons. The van der Waals surface area contributed by atoms with Gasteiger partial charge in [-0.25, -0.2) is 4.79 Å². The van der Waals surface area contributed by atoms with Crippen LogP contribution in [0.15, 0.2) is 0 Å². The topological polar surface area (TPSA) is 69.6 Å². The van der Waals surface area contributed by atoms with Crippen LogP contribution in [0.25, 0.3) is 0 Å². The van der Waals surface area contributed by atoms with E-state index in [2.05, 4.69) is 5.32 Å². The number of nitrogens with one attached hydrogen (secondary N) is 1. The minimum Gasteiger partial charge on any atom is -0.393 e. The molecule has 1 aliphatic carbocycles. The number of hydrogen-bond donors (Lipinski definition) is 2. The number of amides is 3. The molecule has 1 saturated carbocycles. The molecule has 1 aliphatic heterocycles. The number of carbonyl (C=O) groups is 2. The lowest BCUT2D eigenvalue weighted by Crippen LogP contribution is -2.41. The molecule has 0 aromatic rings. The Bertz CT molecular complexity index is 259. The van der Waals surface area contributed by atoms with Gasteiger partial charge in [0.2, 0.25) is 5.91 Å². The van der Waals surface area contributed by atoms with Crippen molar-refractivity contribution in [2.75, 3.05) is 6.54 Å². The standard InChI is InChI=1S/C9H14N2O3/c12-7-3-1-6(2-4-7)11-5-8(13)10-9(11)14/h6-7,12H,1-5H2,(H,10,13,14). The van der Waals surface area contributed by atoms with E-state index in [4.69, 9.17) is 0 Å². The highest BCUT2D eigenvalue weighted by Crippen LogP contribution is 2.24. The van der Waals surface area contributed by atoms with E-state index in [0.717, 1.165) is 25.7 Å². The van der Waals surface area contributed by atoms with Gasteiger partial charge in [-0.1, -0.05) is 0 Å². The smallest absolute Gasteiger partial charge is 0.324 e. The van der Waals surface area contributed by atoms with Crippen LogP contribution in [-0.2, 0) is 4.79 Å². The van der Waals surface area contributed by atoms with E-state index in [1.54, 1.807) is 4.90 Å². The van der Waals surface area contributed by atoms with E-state index in [1.165, 1.54) is 0 Å². The van der Waals surface area contributed by atoms with Crippen LogP contribution in [0.1, 0.15) is 25.7 Å². The predicted molar refractivity (Wildman–Crippen MR) is 48.5 cm³/mol. The van der Waals surface area contributed by atoms with Gasteiger partial charge in [0.1, 0.15) is 6.54 Å². The van der Waals surface area contributed by atoms with E-state index in [9.17, 15) is 14.7 Å². The minimum absolute atomic E-state index is 0.129. The second-order valence-electron chi connectivity index (χ2n) is 3.94. The summed E-state index contributed by atoms with van der Waals surface area (Å²) in [5.74, 6) is -0.221. The van der Waals surface area contributed by atoms with Crippen molar-refractivity contribution in [2.45, 2.75) is 37.8 Å². The van der Waals surface area contributed by atoms with Crippen molar-refractivity contribution in [2.24, 2.45) is 0 Å². The van der Waals surface area contributed by atoms with Gasteiger partial charge in [0.05, 0.1) is 6.10 Å². The molecule has 2 rings (SSSR count). The fourth-order valence-electron chi connectivity index (χ4n) is 2.12. The van der Waals surface area contributed by atoms with E-state index in [1.807, 2.05) is 0 Å². The molecule has 1 heterocycles. The van der Waals surface area contributed by atoms with Crippen molar-refractivity contribution in [1.29, 1.82) is 0 Å². The van der Waals surface area contributed by atoms with Crippen molar-refractivity contribution < 1.29 is 14.7 Å². The van der Waals surface area contributed by atoms with Crippen LogP contribution < -0.4 is 5.32 Å². The summed E-state index contributed by atoms with van der Waals surface area (Å²) in [6, 6.07) is -0.152. The number of urea groups is 1. The first kappa shape index (κ1) is 9.45. The highest BCUT2D eigenvalue weighted by atomic mass is 16.3. The van der Waals surface area contributed by atoms with Gasteiger partial charge >= 0.3 is 6.03 Å². The Labute approximate surface area is 82.1 Å². The number of imide groups is 1. The Hall–Kier alpha value is -1.10. The molecule has 5 nitrogen and oxygen atoms in total. The lowest BCUT2D eigenvalue weighted by Gasteiger charge is -2.31. The molecule has 0 spiro atoms. The number of aliphatic hydroxyl groups is 1. The Morgan fingerprint density at radius 3 is 2.36 bits per heavy atom. The van der Waals surface area contributed by atoms with Gasteiger partial charge in [-0.15, -0.1) is 0 Å². The summed E-state index contributed by atoms with van der Waals surface area (Å²) < 4.78 is 0. The van der Waals surface area contributed by atoms with Crippen LogP contribution in [0.5, 0.6) is 0 Å². The molecule has 2 aliphatic rings. The first-order valence-corrected chi connectivity index (χ1v) is 4.95. The number of hydrogen-bond acceptors (Lipinski definition) is 3. The molecule has 2 N–H and O–H groups in total. The first-order valence-electron chi connectivity index (χ1n) is 4.95. The average molecular weight is 198 g/mol. The molecule has 3 amide bonds. The molecule has 1 saturated heterocycles. The van der Waals surface area contributed by atoms with E-state index < -0.39 is 0 Å². The molecule has 0 bridgehead atoms. The van der Waals surface area contributed by atoms with Crippen molar-refractivity contribution in [3.8, 4) is 0 Å². The summed E-state index contributed by atoms with van der Waals surface area (Å²) in [7, 11) is 0. The van der Waals surface area contributed by atoms with Gasteiger partial charge in [0.25, 0.3) is 0 Å². The lowest BCUT2D eigenvalue weighted by atomic mass is 9.92. The highest BCUT2D eigenvalue weighted by molar-refractivity contribution is 6.02. The Kier molecular flexibility index (Phi) is 2.41. The zero-order valence-electron chi connectivity index (χ0n) is 7.90. The summed E-state index contributed by atoms with van der Waals surface area (Å²) >= 11 is 0. The van der Waals surface area contributed by atoms with Crippen LogP contribution >= 0.6 is 0 Å². The van der Waals surface area contributed by atoms with E-state index >= 15 is 0 Å². The maximum absolute atomic E-state index is 11.3. The number of aliphatic hydroxyl groups excluding tert-OH is 1. The number of carbonyl (C=O) groups excluding carboxylic acids is 2. The summed E-state index contributed by atoms with van der Waals surface area (Å²) in [5, 5.41) is 11.6. The molecule has 78 valence electrons. The second-order valence-corrected chi connectivity index (χ2v) is 3.94. The number of nitrogens with zero attached hydrogens (tertiary/aromatic N) is 1. The summed E-state index contributed by atoms with van der Waals surface area (Å²) in [5.41, 5.74) is 0. The molecular weight excluding hydrogens is 184 g/mol. The fourth-order valence-corrected chi connectivity index (χ4v) is 2.12. The Morgan fingerprint density at radius 1 is 1.21 bits per heavy atom. The molecule has 14 heavy (non-hydrogen) atoms. The maximum atomic E-state index is 11.3. The predicted octanol–water partition coefficient (Wildman–Crippen LogP) is -0.158. The maximum Gasteiger partial charge on any atom is 0.324 e. The van der Waals surface area contributed by atoms with Crippen molar-refractivity contribution in [3.63, 3.8) is 0 Å². The number of rotatable bonds is 1. The van der Waals surface area contributed by atoms with Crippen LogP contribution in [0.3, 0.4) is 0 Å². The van der Waals surface area contributed by atoms with E-state index in [-0.39, 0.29) is 30.6 Å². The molecule has 0 unspecified atom stereocenters. The average Bonchev–Trinajstić information content (AvgIpc) is 2.47. The third-order valence-electron chi connectivity index (χ3n) is 2.93. The van der Waals surface area contributed by atoms with Crippen molar-refractivity contribution in [1.82, 2.24) is 10.2 Å². The van der Waals surface area contributed by atoms with Crippen LogP contribution in [-0.4, -0.2) is 40.6 Å². The van der Waals surface area contributed by atoms with Crippen molar-refractivity contribution >= 4 is 11.9 Å². The van der Waals surface area contributed by atoms with Gasteiger partial charge in [-0.05, 0) is 25.7 Å². The van der Waals surface area contributed by atoms with Crippen molar-refractivity contribution in [3.05, 3.63) is 0 Å². The fraction of sp³-hybridized carbons (Fsp3) is 0.778. The van der Waals surface area contributed by atoms with Gasteiger partial charge in [-0.3, -0.25) is 10.1 Å². The van der Waals surface area contributed by atoms with Crippen LogP contribution in [0.4, 0.5) is 4.79 Å². The Balaban J connectivity index is 1.95. The largest absolute Gasteiger partial charge is 0.393 e. The van der Waals surface area contributed by atoms with E-state index in [0.29, 0.717) is 0 Å². The van der Waals surface area contributed by atoms with Gasteiger partial charge in [0, 0.05) is 6.04 Å². The summed E-state index contributed by atoms with van der Waals surface area (Å²) in [6.45, 7) is 0.180. The van der Waals surface area contributed by atoms with Gasteiger partial charge in [-0.2, -0.15) is 0 Å². The normalized spacial score (nSPS) is 33.4. The molecule has 0 aromatic carbocycles. The monoisotopic (exact) mass is 198 g/mol. The van der Waals surface area contributed by atoms with Crippen LogP contribution in [0, 0.1) is 0 Å². The molecular formula is C9H14N2O3. The first-order chi connectivity index (χ1) is 6.66. The highest BCUT2D eigenvalue weighted by Gasteiger charge is 2.34. The molecule has 0 atom stereocenters. The molecule has 2 fully saturated rings. The summed E-state index contributed by atoms with van der Waals surface area (Å²) in [4.78, 5) is 23.8. The minimum atomic E-state index is -0.281. The molecule has 5 heteroatoms. The quantitative estimate of drug-likeness (QED) is 0.575.